The number of nitrogens with two attached hydrogens (primary N) is 1. The highest BCUT2D eigenvalue weighted by atomic mass is 16.5. The van der Waals surface area contributed by atoms with Crippen molar-refractivity contribution in [3.8, 4) is 5.75 Å². The molecule has 1 saturated carbocycles. The smallest absolute Gasteiger partial charge is 0.130 e. The first-order valence-corrected chi connectivity index (χ1v) is 7.83. The van der Waals surface area contributed by atoms with E-state index in [0.717, 1.165) is 6.54 Å². The van der Waals surface area contributed by atoms with Crippen molar-refractivity contribution >= 4 is 5.84 Å². The highest BCUT2D eigenvalue weighted by Gasteiger charge is 2.17. The number of nitrogens with zero attached hydrogens (tertiary/aromatic N) is 1. The Morgan fingerprint density at radius 1 is 1.29 bits per heavy atom. The molecule has 0 spiro atoms. The minimum atomic E-state index is 0.0514. The van der Waals surface area contributed by atoms with Gasteiger partial charge in [0.25, 0.3) is 0 Å². The fourth-order valence-corrected chi connectivity index (χ4v) is 3.17. The molecule has 0 bridgehead atoms. The van der Waals surface area contributed by atoms with Crippen LogP contribution in [0.25, 0.3) is 0 Å². The summed E-state index contributed by atoms with van der Waals surface area (Å²) >= 11 is 0. The number of benzene rings is 1. The normalized spacial score (nSPS) is 16.7. The summed E-state index contributed by atoms with van der Waals surface area (Å²) in [7, 11) is 3.84. The van der Waals surface area contributed by atoms with Gasteiger partial charge in [0.1, 0.15) is 11.6 Å². The molecule has 21 heavy (non-hydrogen) atoms. The van der Waals surface area contributed by atoms with Crippen molar-refractivity contribution in [2.75, 3.05) is 14.2 Å². The topological polar surface area (TPSA) is 62.3 Å². The zero-order valence-corrected chi connectivity index (χ0v) is 13.2. The van der Waals surface area contributed by atoms with Crippen LogP contribution in [0, 0.1) is 5.41 Å². The van der Waals surface area contributed by atoms with Crippen molar-refractivity contribution in [3.63, 3.8) is 0 Å². The summed E-state index contributed by atoms with van der Waals surface area (Å²) in [6, 6.07) is 6.62. The average molecular weight is 289 g/mol. The minimum Gasteiger partial charge on any atom is -0.496 e. The summed E-state index contributed by atoms with van der Waals surface area (Å²) in [5, 5.41) is 7.56. The molecule has 0 amide bonds. The standard InChI is InChI=1S/C17H27N3O/c1-20(14-7-5-3-4-6-8-14)12-13-9-10-15(17(18)19)16(11-13)21-2/h9-11,14H,3-8,12H2,1-2H3,(H3,18,19). The number of nitrogen functional groups attached to an aromatic ring is 1. The number of amidine groups is 1. The van der Waals surface area contributed by atoms with Gasteiger partial charge in [-0.2, -0.15) is 0 Å². The molecule has 4 nitrogen and oxygen atoms in total. The van der Waals surface area contributed by atoms with Crippen LogP contribution in [-0.2, 0) is 6.54 Å². The highest BCUT2D eigenvalue weighted by molar-refractivity contribution is 5.97. The van der Waals surface area contributed by atoms with Crippen LogP contribution in [0.2, 0.25) is 0 Å². The zero-order chi connectivity index (χ0) is 15.2. The van der Waals surface area contributed by atoms with Crippen molar-refractivity contribution in [2.24, 2.45) is 5.73 Å². The fraction of sp³-hybridized carbons (Fsp3) is 0.588. The van der Waals surface area contributed by atoms with Gasteiger partial charge in [-0.1, -0.05) is 31.7 Å². The second kappa shape index (κ2) is 7.46. The van der Waals surface area contributed by atoms with Gasteiger partial charge in [-0.25, -0.2) is 0 Å². The lowest BCUT2D eigenvalue weighted by Gasteiger charge is -2.27. The summed E-state index contributed by atoms with van der Waals surface area (Å²) in [6.45, 7) is 0.916. The van der Waals surface area contributed by atoms with Crippen LogP contribution in [0.15, 0.2) is 18.2 Å². The van der Waals surface area contributed by atoms with E-state index in [1.165, 1.54) is 44.1 Å². The van der Waals surface area contributed by atoms with E-state index in [0.29, 0.717) is 17.4 Å². The van der Waals surface area contributed by atoms with E-state index in [9.17, 15) is 0 Å². The van der Waals surface area contributed by atoms with E-state index in [2.05, 4.69) is 11.9 Å². The van der Waals surface area contributed by atoms with Crippen LogP contribution in [0.4, 0.5) is 0 Å². The fourth-order valence-electron chi connectivity index (χ4n) is 3.17. The van der Waals surface area contributed by atoms with Crippen LogP contribution in [-0.4, -0.2) is 30.9 Å². The molecule has 0 radical (unpaired) electrons. The number of nitrogens with one attached hydrogen (secondary N) is 1. The molecular weight excluding hydrogens is 262 g/mol. The van der Waals surface area contributed by atoms with E-state index in [-0.39, 0.29) is 5.84 Å². The number of hydrogen-bond donors (Lipinski definition) is 2. The zero-order valence-electron chi connectivity index (χ0n) is 13.2. The Labute approximate surface area is 127 Å². The Balaban J connectivity index is 2.06. The predicted molar refractivity (Wildman–Crippen MR) is 87.0 cm³/mol. The summed E-state index contributed by atoms with van der Waals surface area (Å²) in [5.41, 5.74) is 7.45. The quantitative estimate of drug-likeness (QED) is 0.497. The second-order valence-corrected chi connectivity index (χ2v) is 6.01. The number of rotatable bonds is 5. The van der Waals surface area contributed by atoms with Crippen LogP contribution >= 0.6 is 0 Å². The van der Waals surface area contributed by atoms with Gasteiger partial charge in [0.05, 0.1) is 12.7 Å². The summed E-state index contributed by atoms with van der Waals surface area (Å²) in [6.07, 6.45) is 8.07. The second-order valence-electron chi connectivity index (χ2n) is 6.01. The molecule has 0 heterocycles. The van der Waals surface area contributed by atoms with Crippen molar-refractivity contribution in [2.45, 2.75) is 51.1 Å². The Kier molecular flexibility index (Phi) is 5.62. The highest BCUT2D eigenvalue weighted by Crippen LogP contribution is 2.24. The summed E-state index contributed by atoms with van der Waals surface area (Å²) in [5.74, 6) is 0.741. The van der Waals surface area contributed by atoms with Crippen molar-refractivity contribution in [3.05, 3.63) is 29.3 Å². The van der Waals surface area contributed by atoms with Crippen LogP contribution in [0.5, 0.6) is 5.75 Å². The van der Waals surface area contributed by atoms with Crippen molar-refractivity contribution < 1.29 is 4.74 Å². The van der Waals surface area contributed by atoms with Crippen LogP contribution < -0.4 is 10.5 Å². The minimum absolute atomic E-state index is 0.0514. The van der Waals surface area contributed by atoms with Gasteiger partial charge in [0, 0.05) is 12.6 Å². The van der Waals surface area contributed by atoms with E-state index in [1.807, 2.05) is 18.2 Å². The largest absolute Gasteiger partial charge is 0.496 e. The third-order valence-electron chi connectivity index (χ3n) is 4.44. The molecule has 3 N–H and O–H groups in total. The lowest BCUT2D eigenvalue weighted by Crippen LogP contribution is -2.30. The van der Waals surface area contributed by atoms with E-state index >= 15 is 0 Å². The Bertz CT molecular complexity index is 479. The SMILES string of the molecule is COc1cc(CN(C)C2CCCCCC2)ccc1C(=N)N. The molecule has 0 saturated heterocycles. The molecule has 1 aliphatic rings. The molecule has 0 atom stereocenters. The van der Waals surface area contributed by atoms with Gasteiger partial charge in [-0.15, -0.1) is 0 Å². The maximum absolute atomic E-state index is 7.56. The van der Waals surface area contributed by atoms with Gasteiger partial charge >= 0.3 is 0 Å². The van der Waals surface area contributed by atoms with Gasteiger partial charge in [0.2, 0.25) is 0 Å². The number of methoxy groups -OCH3 is 1. The summed E-state index contributed by atoms with van der Waals surface area (Å²) in [4.78, 5) is 2.45. The molecule has 4 heteroatoms. The van der Waals surface area contributed by atoms with E-state index in [1.54, 1.807) is 7.11 Å². The first kappa shape index (κ1) is 15.8. The number of ether oxygens (including phenoxy) is 1. The molecule has 2 rings (SSSR count). The van der Waals surface area contributed by atoms with E-state index < -0.39 is 0 Å². The molecule has 1 aromatic rings. The van der Waals surface area contributed by atoms with Gasteiger partial charge in [0.15, 0.2) is 0 Å². The Hall–Kier alpha value is -1.55. The van der Waals surface area contributed by atoms with Crippen molar-refractivity contribution in [1.82, 2.24) is 4.90 Å². The molecular formula is C17H27N3O. The Morgan fingerprint density at radius 2 is 1.95 bits per heavy atom. The molecule has 0 aliphatic heterocycles. The van der Waals surface area contributed by atoms with Gasteiger partial charge in [-0.05, 0) is 37.6 Å². The van der Waals surface area contributed by atoms with Crippen LogP contribution in [0.3, 0.4) is 0 Å². The predicted octanol–water partition coefficient (Wildman–Crippen LogP) is 3.13. The monoisotopic (exact) mass is 289 g/mol. The van der Waals surface area contributed by atoms with E-state index in [4.69, 9.17) is 15.9 Å². The summed E-state index contributed by atoms with van der Waals surface area (Å²) < 4.78 is 5.35. The lowest BCUT2D eigenvalue weighted by molar-refractivity contribution is 0.213. The lowest BCUT2D eigenvalue weighted by atomic mass is 10.1. The third kappa shape index (κ3) is 4.21. The maximum Gasteiger partial charge on any atom is 0.130 e. The third-order valence-corrected chi connectivity index (χ3v) is 4.44. The molecule has 0 unspecified atom stereocenters. The first-order valence-electron chi connectivity index (χ1n) is 7.83. The van der Waals surface area contributed by atoms with Crippen LogP contribution in [0.1, 0.15) is 49.7 Å². The van der Waals surface area contributed by atoms with Gasteiger partial charge < -0.3 is 10.5 Å². The van der Waals surface area contributed by atoms with Crippen molar-refractivity contribution in [1.29, 1.82) is 5.41 Å². The number of hydrogen-bond acceptors (Lipinski definition) is 3. The Morgan fingerprint density at radius 3 is 2.52 bits per heavy atom. The molecule has 1 aromatic carbocycles. The molecule has 0 aromatic heterocycles. The molecule has 116 valence electrons. The first-order chi connectivity index (χ1) is 10.1. The maximum atomic E-state index is 7.56. The van der Waals surface area contributed by atoms with Gasteiger partial charge in [-0.3, -0.25) is 10.3 Å². The molecule has 1 aliphatic carbocycles. The average Bonchev–Trinajstić information content (AvgIpc) is 2.75. The molecule has 1 fully saturated rings.